The standard InChI is InChI=1S/C17H19N5O2/c1-11(2)8-15(23)20-21-10-18-16-14(17(21)24)9-19-22(16)13-6-4-12(3)5-7-13/h4-7,9-11H,8H2,1-3H3,(H,20,23). The summed E-state index contributed by atoms with van der Waals surface area (Å²) in [7, 11) is 0. The molecule has 124 valence electrons. The van der Waals surface area contributed by atoms with Crippen molar-refractivity contribution in [3.8, 4) is 5.69 Å². The van der Waals surface area contributed by atoms with Gasteiger partial charge in [-0.1, -0.05) is 31.5 Å². The van der Waals surface area contributed by atoms with E-state index in [1.54, 1.807) is 4.68 Å². The summed E-state index contributed by atoms with van der Waals surface area (Å²) >= 11 is 0. The largest absolute Gasteiger partial charge is 0.283 e. The predicted molar refractivity (Wildman–Crippen MR) is 91.7 cm³/mol. The van der Waals surface area contributed by atoms with Crippen LogP contribution in [0.2, 0.25) is 0 Å². The molecule has 0 aliphatic carbocycles. The van der Waals surface area contributed by atoms with Crippen molar-refractivity contribution in [1.82, 2.24) is 19.4 Å². The first-order chi connectivity index (χ1) is 11.5. The van der Waals surface area contributed by atoms with E-state index in [-0.39, 0.29) is 17.4 Å². The molecule has 0 unspecified atom stereocenters. The van der Waals surface area contributed by atoms with Crippen LogP contribution in [0.15, 0.2) is 41.6 Å². The summed E-state index contributed by atoms with van der Waals surface area (Å²) in [6.45, 7) is 5.88. The molecule has 2 aromatic heterocycles. The van der Waals surface area contributed by atoms with E-state index in [0.717, 1.165) is 15.9 Å². The Hall–Kier alpha value is -2.96. The third-order valence-corrected chi connectivity index (χ3v) is 3.61. The van der Waals surface area contributed by atoms with Crippen LogP contribution < -0.4 is 11.0 Å². The van der Waals surface area contributed by atoms with E-state index in [1.807, 2.05) is 45.0 Å². The molecule has 24 heavy (non-hydrogen) atoms. The van der Waals surface area contributed by atoms with Crippen molar-refractivity contribution >= 4 is 16.9 Å². The normalized spacial score (nSPS) is 11.2. The van der Waals surface area contributed by atoms with Crippen LogP contribution in [0, 0.1) is 12.8 Å². The van der Waals surface area contributed by atoms with Gasteiger partial charge < -0.3 is 0 Å². The molecule has 0 fully saturated rings. The molecule has 0 aliphatic rings. The lowest BCUT2D eigenvalue weighted by Crippen LogP contribution is -2.33. The maximum absolute atomic E-state index is 12.5. The van der Waals surface area contributed by atoms with Crippen molar-refractivity contribution in [2.45, 2.75) is 27.2 Å². The van der Waals surface area contributed by atoms with Gasteiger partial charge in [-0.3, -0.25) is 15.0 Å². The second kappa shape index (κ2) is 6.27. The Morgan fingerprint density at radius 1 is 1.25 bits per heavy atom. The Bertz CT molecular complexity index is 938. The van der Waals surface area contributed by atoms with Crippen LogP contribution in [0.3, 0.4) is 0 Å². The van der Waals surface area contributed by atoms with Gasteiger partial charge in [0.25, 0.3) is 5.56 Å². The van der Waals surface area contributed by atoms with Gasteiger partial charge in [-0.15, -0.1) is 0 Å². The van der Waals surface area contributed by atoms with Crippen LogP contribution in [0.5, 0.6) is 0 Å². The zero-order chi connectivity index (χ0) is 17.3. The first-order valence-corrected chi connectivity index (χ1v) is 7.78. The number of carbonyl (C=O) groups is 1. The summed E-state index contributed by atoms with van der Waals surface area (Å²) in [6.07, 6.45) is 3.12. The zero-order valence-electron chi connectivity index (χ0n) is 13.9. The molecule has 2 heterocycles. The summed E-state index contributed by atoms with van der Waals surface area (Å²) in [6, 6.07) is 7.77. The molecule has 1 aromatic carbocycles. The molecule has 7 nitrogen and oxygen atoms in total. The van der Waals surface area contributed by atoms with Crippen LogP contribution in [-0.2, 0) is 4.79 Å². The fraction of sp³-hybridized carbons (Fsp3) is 0.294. The molecular formula is C17H19N5O2. The molecule has 7 heteroatoms. The van der Waals surface area contributed by atoms with Crippen molar-refractivity contribution in [1.29, 1.82) is 0 Å². The highest BCUT2D eigenvalue weighted by molar-refractivity contribution is 5.84. The average Bonchev–Trinajstić information content (AvgIpc) is 2.95. The van der Waals surface area contributed by atoms with Crippen molar-refractivity contribution < 1.29 is 4.79 Å². The number of hydrogen-bond donors (Lipinski definition) is 1. The molecule has 0 spiro atoms. The SMILES string of the molecule is Cc1ccc(-n2ncc3c(=O)n(NC(=O)CC(C)C)cnc32)cc1. The van der Waals surface area contributed by atoms with Gasteiger partial charge in [0.15, 0.2) is 5.65 Å². The molecule has 0 saturated carbocycles. The second-order valence-electron chi connectivity index (χ2n) is 6.18. The number of nitrogens with one attached hydrogen (secondary N) is 1. The molecule has 3 rings (SSSR count). The van der Waals surface area contributed by atoms with Crippen LogP contribution in [-0.4, -0.2) is 25.3 Å². The van der Waals surface area contributed by atoms with Gasteiger partial charge in [0.05, 0.1) is 11.9 Å². The summed E-state index contributed by atoms with van der Waals surface area (Å²) in [5.41, 5.74) is 4.62. The van der Waals surface area contributed by atoms with Gasteiger partial charge in [0.2, 0.25) is 5.91 Å². The number of nitrogens with zero attached hydrogens (tertiary/aromatic N) is 4. The Morgan fingerprint density at radius 3 is 2.62 bits per heavy atom. The fourth-order valence-corrected chi connectivity index (χ4v) is 2.42. The Kier molecular flexibility index (Phi) is 4.16. The zero-order valence-corrected chi connectivity index (χ0v) is 13.9. The maximum Gasteiger partial charge on any atom is 0.283 e. The number of carbonyl (C=O) groups excluding carboxylic acids is 1. The lowest BCUT2D eigenvalue weighted by Gasteiger charge is -2.09. The predicted octanol–water partition coefficient (Wildman–Crippen LogP) is 2.01. The van der Waals surface area contributed by atoms with Crippen molar-refractivity contribution in [3.63, 3.8) is 0 Å². The lowest BCUT2D eigenvalue weighted by molar-refractivity contribution is -0.117. The molecule has 0 aliphatic heterocycles. The van der Waals surface area contributed by atoms with Gasteiger partial charge >= 0.3 is 0 Å². The van der Waals surface area contributed by atoms with E-state index in [9.17, 15) is 9.59 Å². The number of aryl methyl sites for hydroxylation is 1. The van der Waals surface area contributed by atoms with Gasteiger partial charge in [-0.25, -0.2) is 14.3 Å². The van der Waals surface area contributed by atoms with E-state index < -0.39 is 0 Å². The number of aromatic nitrogens is 4. The lowest BCUT2D eigenvalue weighted by atomic mass is 10.1. The molecule has 1 N–H and O–H groups in total. The third-order valence-electron chi connectivity index (χ3n) is 3.61. The molecular weight excluding hydrogens is 306 g/mol. The van der Waals surface area contributed by atoms with E-state index in [4.69, 9.17) is 0 Å². The maximum atomic E-state index is 12.5. The second-order valence-corrected chi connectivity index (χ2v) is 6.18. The first kappa shape index (κ1) is 15.9. The quantitative estimate of drug-likeness (QED) is 0.795. The fourth-order valence-electron chi connectivity index (χ4n) is 2.42. The molecule has 0 bridgehead atoms. The van der Waals surface area contributed by atoms with Crippen LogP contribution in [0.4, 0.5) is 0 Å². The average molecular weight is 325 g/mol. The molecule has 0 radical (unpaired) electrons. The van der Waals surface area contributed by atoms with Crippen LogP contribution in [0.1, 0.15) is 25.8 Å². The Balaban J connectivity index is 1.98. The minimum Gasteiger partial charge on any atom is -0.273 e. The number of hydrogen-bond acceptors (Lipinski definition) is 4. The van der Waals surface area contributed by atoms with Gasteiger partial charge in [0, 0.05) is 6.42 Å². The van der Waals surface area contributed by atoms with E-state index in [0.29, 0.717) is 17.5 Å². The Morgan fingerprint density at radius 2 is 1.96 bits per heavy atom. The minimum absolute atomic E-state index is 0.210. The van der Waals surface area contributed by atoms with E-state index >= 15 is 0 Å². The number of fused-ring (bicyclic) bond motifs is 1. The summed E-state index contributed by atoms with van der Waals surface area (Å²) in [4.78, 5) is 28.6. The smallest absolute Gasteiger partial charge is 0.273 e. The topological polar surface area (TPSA) is 81.8 Å². The van der Waals surface area contributed by atoms with E-state index in [1.165, 1.54) is 12.5 Å². The molecule has 0 atom stereocenters. The molecule has 0 saturated heterocycles. The van der Waals surface area contributed by atoms with Crippen LogP contribution >= 0.6 is 0 Å². The monoisotopic (exact) mass is 325 g/mol. The number of benzene rings is 1. The number of rotatable bonds is 4. The highest BCUT2D eigenvalue weighted by atomic mass is 16.2. The van der Waals surface area contributed by atoms with Gasteiger partial charge in [-0.2, -0.15) is 5.10 Å². The summed E-state index contributed by atoms with van der Waals surface area (Å²) in [5.74, 6) is -0.0131. The Labute approximate surface area is 138 Å². The summed E-state index contributed by atoms with van der Waals surface area (Å²) in [5, 5.41) is 4.60. The van der Waals surface area contributed by atoms with E-state index in [2.05, 4.69) is 15.5 Å². The highest BCUT2D eigenvalue weighted by Crippen LogP contribution is 2.14. The minimum atomic E-state index is -0.351. The highest BCUT2D eigenvalue weighted by Gasteiger charge is 2.13. The summed E-state index contributed by atoms with van der Waals surface area (Å²) < 4.78 is 2.71. The third kappa shape index (κ3) is 3.05. The number of amides is 1. The van der Waals surface area contributed by atoms with Gasteiger partial charge in [0.1, 0.15) is 11.7 Å². The molecule has 1 amide bonds. The molecule has 3 aromatic rings. The van der Waals surface area contributed by atoms with Crippen molar-refractivity contribution in [3.05, 3.63) is 52.7 Å². The first-order valence-electron chi connectivity index (χ1n) is 7.78. The van der Waals surface area contributed by atoms with Crippen molar-refractivity contribution in [2.75, 3.05) is 5.43 Å². The van der Waals surface area contributed by atoms with Crippen LogP contribution in [0.25, 0.3) is 16.7 Å². The van der Waals surface area contributed by atoms with Crippen molar-refractivity contribution in [2.24, 2.45) is 5.92 Å². The van der Waals surface area contributed by atoms with Gasteiger partial charge in [-0.05, 0) is 25.0 Å².